The lowest BCUT2D eigenvalue weighted by atomic mass is 9.84. The molecule has 8 N–H and O–H groups in total. The van der Waals surface area contributed by atoms with Gasteiger partial charge >= 0.3 is 10.4 Å². The summed E-state index contributed by atoms with van der Waals surface area (Å²) in [6.07, 6.45) is 2.34. The van der Waals surface area contributed by atoms with E-state index < -0.39 is 52.1 Å². The molecule has 256 valence electrons. The van der Waals surface area contributed by atoms with Crippen LogP contribution in [0.1, 0.15) is 56.9 Å². The van der Waals surface area contributed by atoms with Crippen molar-refractivity contribution in [2.24, 2.45) is 5.16 Å². The highest BCUT2D eigenvalue weighted by Gasteiger charge is 2.58. The largest absolute Gasteiger partial charge is 0.486 e. The molecule has 0 bridgehead atoms. The summed E-state index contributed by atoms with van der Waals surface area (Å²) < 4.78 is 41.9. The molecule has 0 aliphatic carbocycles. The number of aryl methyl sites for hydroxylation is 1. The third-order valence-corrected chi connectivity index (χ3v) is 9.39. The first-order valence-electron chi connectivity index (χ1n) is 14.9. The van der Waals surface area contributed by atoms with Crippen molar-refractivity contribution in [3.05, 3.63) is 40.4 Å². The van der Waals surface area contributed by atoms with Gasteiger partial charge in [-0.05, 0) is 76.8 Å². The number of rotatable bonds is 11. The highest BCUT2D eigenvalue weighted by atomic mass is 32.3. The molecule has 3 aliphatic heterocycles. The Hall–Kier alpha value is -3.88. The number of amides is 2. The van der Waals surface area contributed by atoms with Gasteiger partial charge < -0.3 is 36.4 Å². The van der Waals surface area contributed by atoms with Crippen molar-refractivity contribution in [2.45, 2.75) is 75.8 Å². The molecule has 4 atom stereocenters. The third kappa shape index (κ3) is 7.49. The van der Waals surface area contributed by atoms with Crippen LogP contribution in [0.4, 0.5) is 5.13 Å². The lowest BCUT2D eigenvalue weighted by Crippen LogP contribution is -2.76. The number of benzene rings is 1. The Kier molecular flexibility index (Phi) is 9.76. The number of aromatic nitrogens is 1. The number of carbonyl (C=O) groups excluding carboxylic acids is 2. The molecule has 2 fully saturated rings. The standard InChI is InChI=1S/C28H38N8O9S2/c1-27(2)22(25(39)36(27)45-47(40,41)42)34-24(38)21(18-13-46-26(30)33-18)35-44-28(3,14-37)20-9-7-15-11-16(6-8-19(15)43-20)23(29)32-17-5-4-10-31-12-17/h6,8,11,13,17,20,22,31,37H,4-5,7,9-10,12,14H2,1-3H3,(H2,29,32)(H2,30,33)(H,34,38)(H,40,41,42)/b35-21-/t17-,20-,22-,28-/m1/s1. The lowest BCUT2D eigenvalue weighted by Gasteiger charge is -2.50. The topological polar surface area (TPSA) is 251 Å². The average Bonchev–Trinajstić information content (AvgIpc) is 3.47. The summed E-state index contributed by atoms with van der Waals surface area (Å²) in [6.45, 7) is 5.65. The van der Waals surface area contributed by atoms with Gasteiger partial charge in [0.15, 0.2) is 16.4 Å². The first-order chi connectivity index (χ1) is 22.1. The smallest absolute Gasteiger partial charge is 0.418 e. The molecule has 4 heterocycles. The maximum atomic E-state index is 13.4. The van der Waals surface area contributed by atoms with Crippen LogP contribution < -0.4 is 26.4 Å². The molecule has 1 aromatic heterocycles. The molecule has 3 aliphatic rings. The molecule has 5 rings (SSSR count). The quantitative estimate of drug-likeness (QED) is 0.0543. The number of anilines is 1. The summed E-state index contributed by atoms with van der Waals surface area (Å²) in [4.78, 5) is 36.0. The summed E-state index contributed by atoms with van der Waals surface area (Å²) >= 11 is 1.03. The van der Waals surface area contributed by atoms with Gasteiger partial charge in [0, 0.05) is 23.5 Å². The number of thiazole rings is 1. The second-order valence-corrected chi connectivity index (χ2v) is 14.2. The molecule has 0 spiro atoms. The molecule has 2 amide bonds. The van der Waals surface area contributed by atoms with E-state index in [2.05, 4.69) is 30.4 Å². The normalized spacial score (nSPS) is 23.9. The predicted octanol–water partition coefficient (Wildman–Crippen LogP) is 0.0978. The minimum absolute atomic E-state index is 0.0309. The number of aliphatic hydroxyl groups is 1. The number of nitrogens with one attached hydrogen (secondary N) is 4. The van der Waals surface area contributed by atoms with Crippen molar-refractivity contribution in [3.8, 4) is 5.75 Å². The van der Waals surface area contributed by atoms with E-state index >= 15 is 0 Å². The van der Waals surface area contributed by atoms with Gasteiger partial charge in [-0.15, -0.1) is 15.6 Å². The number of nitrogens with two attached hydrogens (primary N) is 1. The Labute approximate surface area is 275 Å². The number of hydroxylamine groups is 2. The number of β-lactam (4-membered cyclic amide) rings is 1. The number of nitrogen functional groups attached to an aromatic ring is 1. The lowest BCUT2D eigenvalue weighted by molar-refractivity contribution is -0.218. The van der Waals surface area contributed by atoms with Crippen LogP contribution in [0.3, 0.4) is 0 Å². The number of nitrogens with zero attached hydrogens (tertiary/aromatic N) is 3. The fourth-order valence-electron chi connectivity index (χ4n) is 5.60. The number of oxime groups is 1. The van der Waals surface area contributed by atoms with Crippen LogP contribution in [-0.2, 0) is 35.5 Å². The van der Waals surface area contributed by atoms with Gasteiger partial charge in [-0.25, -0.2) is 4.98 Å². The maximum Gasteiger partial charge on any atom is 0.418 e. The molecular weight excluding hydrogens is 656 g/mol. The second-order valence-electron chi connectivity index (χ2n) is 12.3. The van der Waals surface area contributed by atoms with Crippen molar-refractivity contribution in [2.75, 3.05) is 25.4 Å². The van der Waals surface area contributed by atoms with E-state index in [1.54, 1.807) is 19.1 Å². The van der Waals surface area contributed by atoms with Crippen molar-refractivity contribution < 1.29 is 41.5 Å². The van der Waals surface area contributed by atoms with Crippen LogP contribution in [0.2, 0.25) is 0 Å². The second kappa shape index (κ2) is 13.3. The molecule has 47 heavy (non-hydrogen) atoms. The zero-order chi connectivity index (χ0) is 34.1. The SMILES string of the molecule is CC1(C)[C@H](NC(=O)/C(=N\O[C@](C)(CO)[C@H]2CCc3cc(C(=N)N[C@@H]4CCCNC4)ccc3O2)c2csc(N)n2)C(=O)N1OS(=O)(=O)O. The molecular formula is C28H38N8O9S2. The predicted molar refractivity (Wildman–Crippen MR) is 170 cm³/mol. The number of fused-ring (bicyclic) bond motifs is 1. The third-order valence-electron chi connectivity index (χ3n) is 8.38. The minimum Gasteiger partial charge on any atom is -0.486 e. The molecule has 0 saturated carbocycles. The Bertz CT molecular complexity index is 1680. The van der Waals surface area contributed by atoms with Gasteiger partial charge in [-0.3, -0.25) is 19.6 Å². The van der Waals surface area contributed by atoms with E-state index in [9.17, 15) is 23.1 Å². The van der Waals surface area contributed by atoms with E-state index in [0.29, 0.717) is 29.5 Å². The van der Waals surface area contributed by atoms with Gasteiger partial charge in [0.05, 0.1) is 12.1 Å². The Balaban J connectivity index is 1.30. The first-order valence-corrected chi connectivity index (χ1v) is 17.1. The minimum atomic E-state index is -4.99. The van der Waals surface area contributed by atoms with Crippen LogP contribution in [0.15, 0.2) is 28.7 Å². The number of ether oxygens (including phenoxy) is 1. The highest BCUT2D eigenvalue weighted by molar-refractivity contribution is 7.80. The molecule has 2 saturated heterocycles. The summed E-state index contributed by atoms with van der Waals surface area (Å²) in [5.41, 5.74) is 4.28. The van der Waals surface area contributed by atoms with Crippen molar-refractivity contribution in [3.63, 3.8) is 0 Å². The average molecular weight is 695 g/mol. The number of carbonyl (C=O) groups is 2. The molecule has 0 unspecified atom stereocenters. The fraction of sp³-hybridized carbons (Fsp3) is 0.536. The van der Waals surface area contributed by atoms with Crippen molar-refractivity contribution >= 4 is 50.2 Å². The van der Waals surface area contributed by atoms with E-state index in [4.69, 9.17) is 25.3 Å². The Morgan fingerprint density at radius 3 is 2.74 bits per heavy atom. The Morgan fingerprint density at radius 1 is 1.36 bits per heavy atom. The van der Waals surface area contributed by atoms with Gasteiger partial charge in [-0.2, -0.15) is 13.5 Å². The zero-order valence-corrected chi connectivity index (χ0v) is 27.6. The summed E-state index contributed by atoms with van der Waals surface area (Å²) in [5, 5.41) is 34.1. The zero-order valence-electron chi connectivity index (χ0n) is 26.0. The number of piperidine rings is 1. The number of hydrogen-bond acceptors (Lipinski definition) is 14. The monoisotopic (exact) mass is 694 g/mol. The van der Waals surface area contributed by atoms with Gasteiger partial charge in [0.1, 0.15) is 29.4 Å². The van der Waals surface area contributed by atoms with Crippen molar-refractivity contribution in [1.29, 1.82) is 5.41 Å². The molecule has 17 nitrogen and oxygen atoms in total. The maximum absolute atomic E-state index is 13.4. The van der Waals surface area contributed by atoms with E-state index in [1.165, 1.54) is 19.2 Å². The number of amidine groups is 1. The number of hydrogen-bond donors (Lipinski definition) is 7. The van der Waals surface area contributed by atoms with E-state index in [0.717, 1.165) is 48.4 Å². The van der Waals surface area contributed by atoms with Crippen LogP contribution in [0, 0.1) is 5.41 Å². The summed E-state index contributed by atoms with van der Waals surface area (Å²) in [7, 11) is -4.99. The Morgan fingerprint density at radius 2 is 2.13 bits per heavy atom. The van der Waals surface area contributed by atoms with Crippen LogP contribution in [-0.4, -0.2) is 101 Å². The van der Waals surface area contributed by atoms with Crippen molar-refractivity contribution in [1.82, 2.24) is 26.0 Å². The van der Waals surface area contributed by atoms with Gasteiger partial charge in [-0.1, -0.05) is 5.16 Å². The van der Waals surface area contributed by atoms with Crippen LogP contribution in [0.25, 0.3) is 0 Å². The van der Waals surface area contributed by atoms with Crippen LogP contribution in [0.5, 0.6) is 5.75 Å². The molecule has 2 aromatic rings. The van der Waals surface area contributed by atoms with Gasteiger partial charge in [0.2, 0.25) is 0 Å². The molecule has 19 heteroatoms. The fourth-order valence-corrected chi connectivity index (χ4v) is 6.60. The van der Waals surface area contributed by atoms with Gasteiger partial charge in [0.25, 0.3) is 11.8 Å². The summed E-state index contributed by atoms with van der Waals surface area (Å²) in [5.74, 6) is -0.942. The highest BCUT2D eigenvalue weighted by Crippen LogP contribution is 2.35. The van der Waals surface area contributed by atoms with E-state index in [1.807, 2.05) is 6.07 Å². The first kappa shape index (κ1) is 34.5. The summed E-state index contributed by atoms with van der Waals surface area (Å²) in [6, 6.07) is 4.41. The van der Waals surface area contributed by atoms with E-state index in [-0.39, 0.29) is 22.6 Å². The van der Waals surface area contributed by atoms with Crippen LogP contribution >= 0.6 is 11.3 Å². The number of aliphatic hydroxyl groups excluding tert-OH is 1. The molecule has 1 aromatic carbocycles. The molecule has 0 radical (unpaired) electrons.